The molecule has 0 bridgehead atoms. The van der Waals surface area contributed by atoms with Crippen molar-refractivity contribution in [2.24, 2.45) is 5.41 Å². The third-order valence-electron chi connectivity index (χ3n) is 2.08. The van der Waals surface area contributed by atoms with Crippen molar-refractivity contribution in [1.29, 1.82) is 0 Å². The normalized spacial score (nSPS) is 29.4. The molecule has 2 N–H and O–H groups in total. The molecule has 0 aromatic rings. The van der Waals surface area contributed by atoms with E-state index in [1.54, 1.807) is 0 Å². The minimum absolute atomic E-state index is 0.0498. The average molecular weight is 189 g/mol. The number of hydroxylamine groups is 2. The Bertz CT molecular complexity index is 211. The molecular formula is C8H15NO4. The highest BCUT2D eigenvalue weighted by Gasteiger charge is 2.44. The van der Waals surface area contributed by atoms with Crippen LogP contribution in [0.5, 0.6) is 0 Å². The van der Waals surface area contributed by atoms with E-state index in [4.69, 9.17) is 9.94 Å². The van der Waals surface area contributed by atoms with Crippen molar-refractivity contribution >= 4 is 6.09 Å². The highest BCUT2D eigenvalue weighted by molar-refractivity contribution is 5.64. The van der Waals surface area contributed by atoms with Crippen molar-refractivity contribution in [2.75, 3.05) is 6.61 Å². The summed E-state index contributed by atoms with van der Waals surface area (Å²) in [4.78, 5) is 15.5. The van der Waals surface area contributed by atoms with Gasteiger partial charge in [0.1, 0.15) is 12.7 Å². The maximum absolute atomic E-state index is 10.7. The smallest absolute Gasteiger partial charge is 0.431 e. The van der Waals surface area contributed by atoms with Gasteiger partial charge in [0.05, 0.1) is 6.04 Å². The molecule has 5 heteroatoms. The molecule has 13 heavy (non-hydrogen) atoms. The van der Waals surface area contributed by atoms with Crippen LogP contribution in [0.15, 0.2) is 0 Å². The average Bonchev–Trinajstić information content (AvgIpc) is 2.28. The quantitative estimate of drug-likeness (QED) is 0.588. The molecule has 2 unspecified atom stereocenters. The number of hydrogen-bond acceptors (Lipinski definition) is 3. The summed E-state index contributed by atoms with van der Waals surface area (Å²) in [6, 6.07) is -0.495. The highest BCUT2D eigenvalue weighted by atomic mass is 16.7. The second-order valence-corrected chi connectivity index (χ2v) is 4.28. The lowest BCUT2D eigenvalue weighted by atomic mass is 9.84. The minimum Gasteiger partial charge on any atom is -0.463 e. The molecule has 76 valence electrons. The summed E-state index contributed by atoms with van der Waals surface area (Å²) in [5.74, 6) is 0. The first-order chi connectivity index (χ1) is 5.84. The SMILES string of the molecule is CC(C)(C)C1C(O)CON1C(=O)O. The number of rotatable bonds is 0. The Morgan fingerprint density at radius 1 is 1.54 bits per heavy atom. The molecule has 1 amide bonds. The van der Waals surface area contributed by atoms with Gasteiger partial charge in [0.2, 0.25) is 0 Å². The zero-order valence-electron chi connectivity index (χ0n) is 8.02. The molecule has 1 saturated heterocycles. The predicted octanol–water partition coefficient (Wildman–Crippen LogP) is 0.687. The molecule has 1 aliphatic heterocycles. The van der Waals surface area contributed by atoms with Crippen LogP contribution in [0.25, 0.3) is 0 Å². The zero-order valence-corrected chi connectivity index (χ0v) is 8.02. The van der Waals surface area contributed by atoms with E-state index < -0.39 is 18.2 Å². The third-order valence-corrected chi connectivity index (χ3v) is 2.08. The summed E-state index contributed by atoms with van der Waals surface area (Å²) in [5.41, 5.74) is -0.325. The number of aliphatic hydroxyl groups excluding tert-OH is 1. The van der Waals surface area contributed by atoms with Gasteiger partial charge in [0.15, 0.2) is 0 Å². The van der Waals surface area contributed by atoms with E-state index in [-0.39, 0.29) is 12.0 Å². The van der Waals surface area contributed by atoms with Gasteiger partial charge in [0.25, 0.3) is 0 Å². The lowest BCUT2D eigenvalue weighted by Gasteiger charge is -2.32. The van der Waals surface area contributed by atoms with Gasteiger partial charge in [-0.3, -0.25) is 4.84 Å². The van der Waals surface area contributed by atoms with E-state index in [1.807, 2.05) is 20.8 Å². The third kappa shape index (κ3) is 1.92. The minimum atomic E-state index is -1.16. The molecule has 0 saturated carbocycles. The number of carbonyl (C=O) groups is 1. The molecule has 2 atom stereocenters. The molecule has 0 aromatic carbocycles. The fourth-order valence-corrected chi connectivity index (χ4v) is 1.59. The van der Waals surface area contributed by atoms with Crippen molar-refractivity contribution < 1.29 is 19.8 Å². The second kappa shape index (κ2) is 3.16. The Labute approximate surface area is 76.9 Å². The van der Waals surface area contributed by atoms with Crippen LogP contribution in [0.4, 0.5) is 4.79 Å². The summed E-state index contributed by atoms with van der Waals surface area (Å²) in [5, 5.41) is 19.1. The number of amides is 1. The summed E-state index contributed by atoms with van der Waals surface area (Å²) >= 11 is 0. The van der Waals surface area contributed by atoms with E-state index in [2.05, 4.69) is 0 Å². The van der Waals surface area contributed by atoms with E-state index in [0.717, 1.165) is 5.06 Å². The molecule has 5 nitrogen and oxygen atoms in total. The topological polar surface area (TPSA) is 70.0 Å². The Kier molecular flexibility index (Phi) is 2.49. The lowest BCUT2D eigenvalue weighted by molar-refractivity contribution is -0.120. The molecule has 0 radical (unpaired) electrons. The molecule has 1 fully saturated rings. The van der Waals surface area contributed by atoms with E-state index in [0.29, 0.717) is 0 Å². The maximum atomic E-state index is 10.7. The monoisotopic (exact) mass is 189 g/mol. The van der Waals surface area contributed by atoms with Crippen LogP contribution in [0.3, 0.4) is 0 Å². The van der Waals surface area contributed by atoms with Gasteiger partial charge in [0, 0.05) is 0 Å². The Balaban J connectivity index is 2.83. The first kappa shape index (κ1) is 10.3. The first-order valence-corrected chi connectivity index (χ1v) is 4.17. The molecular weight excluding hydrogens is 174 g/mol. The number of nitrogens with zero attached hydrogens (tertiary/aromatic N) is 1. The number of aliphatic hydroxyl groups is 1. The van der Waals surface area contributed by atoms with E-state index >= 15 is 0 Å². The molecule has 0 aromatic heterocycles. The second-order valence-electron chi connectivity index (χ2n) is 4.28. The van der Waals surface area contributed by atoms with Crippen LogP contribution in [-0.2, 0) is 4.84 Å². The Hall–Kier alpha value is -0.810. The predicted molar refractivity (Wildman–Crippen MR) is 45.1 cm³/mol. The first-order valence-electron chi connectivity index (χ1n) is 4.17. The van der Waals surface area contributed by atoms with Crippen molar-refractivity contribution in [2.45, 2.75) is 32.9 Å². The van der Waals surface area contributed by atoms with Crippen LogP contribution >= 0.6 is 0 Å². The van der Waals surface area contributed by atoms with E-state index in [9.17, 15) is 9.90 Å². The largest absolute Gasteiger partial charge is 0.463 e. The Morgan fingerprint density at radius 3 is 2.38 bits per heavy atom. The van der Waals surface area contributed by atoms with Crippen molar-refractivity contribution in [1.82, 2.24) is 5.06 Å². The maximum Gasteiger partial charge on any atom is 0.431 e. The van der Waals surface area contributed by atoms with Gasteiger partial charge in [-0.1, -0.05) is 20.8 Å². The van der Waals surface area contributed by atoms with Gasteiger partial charge < -0.3 is 10.2 Å². The lowest BCUT2D eigenvalue weighted by Crippen LogP contribution is -2.46. The van der Waals surface area contributed by atoms with Crippen LogP contribution in [0, 0.1) is 5.41 Å². The highest BCUT2D eigenvalue weighted by Crippen LogP contribution is 2.31. The van der Waals surface area contributed by atoms with Crippen molar-refractivity contribution in [3.8, 4) is 0 Å². The van der Waals surface area contributed by atoms with Crippen molar-refractivity contribution in [3.05, 3.63) is 0 Å². The number of hydrogen-bond donors (Lipinski definition) is 2. The summed E-state index contributed by atoms with van der Waals surface area (Å²) in [6.45, 7) is 5.65. The summed E-state index contributed by atoms with van der Waals surface area (Å²) < 4.78 is 0. The number of carboxylic acid groups (broad SMARTS) is 1. The molecule has 1 aliphatic rings. The van der Waals surface area contributed by atoms with Gasteiger partial charge in [-0.2, -0.15) is 5.06 Å². The van der Waals surface area contributed by atoms with Crippen LogP contribution in [-0.4, -0.2) is 40.1 Å². The van der Waals surface area contributed by atoms with Crippen molar-refractivity contribution in [3.63, 3.8) is 0 Å². The molecule has 1 rings (SSSR count). The summed E-state index contributed by atoms with van der Waals surface area (Å²) in [7, 11) is 0. The standard InChI is InChI=1S/C8H15NO4/c1-8(2,3)6-5(10)4-13-9(6)7(11)12/h5-6,10H,4H2,1-3H3,(H,11,12). The Morgan fingerprint density at radius 2 is 2.08 bits per heavy atom. The summed E-state index contributed by atoms with van der Waals surface area (Å²) in [6.07, 6.45) is -1.90. The fraction of sp³-hybridized carbons (Fsp3) is 0.875. The van der Waals surface area contributed by atoms with Crippen LogP contribution in [0.2, 0.25) is 0 Å². The molecule has 1 heterocycles. The zero-order chi connectivity index (χ0) is 10.2. The van der Waals surface area contributed by atoms with Gasteiger partial charge >= 0.3 is 6.09 Å². The van der Waals surface area contributed by atoms with Gasteiger partial charge in [-0.25, -0.2) is 4.79 Å². The van der Waals surface area contributed by atoms with Crippen LogP contribution < -0.4 is 0 Å². The van der Waals surface area contributed by atoms with E-state index in [1.165, 1.54) is 0 Å². The molecule has 0 aliphatic carbocycles. The van der Waals surface area contributed by atoms with Gasteiger partial charge in [-0.05, 0) is 5.41 Å². The van der Waals surface area contributed by atoms with Crippen LogP contribution in [0.1, 0.15) is 20.8 Å². The van der Waals surface area contributed by atoms with Gasteiger partial charge in [-0.15, -0.1) is 0 Å². The molecule has 0 spiro atoms. The fourth-order valence-electron chi connectivity index (χ4n) is 1.59.